The van der Waals surface area contributed by atoms with Gasteiger partial charge in [0, 0.05) is 0 Å². The first-order valence-corrected chi connectivity index (χ1v) is 9.12. The van der Waals surface area contributed by atoms with Crippen LogP contribution in [0.1, 0.15) is 84.5 Å². The SMILES string of the molecule is CCCCC[C@@H]1C[C@H]1CC/C=C\C#C[C@H](O)CCCCC. The third kappa shape index (κ3) is 9.75. The van der Waals surface area contributed by atoms with Crippen molar-refractivity contribution in [3.8, 4) is 11.8 Å². The van der Waals surface area contributed by atoms with E-state index in [0.717, 1.165) is 31.1 Å². The number of unbranched alkanes of at least 4 members (excludes halogenated alkanes) is 4. The summed E-state index contributed by atoms with van der Waals surface area (Å²) in [7, 11) is 0. The van der Waals surface area contributed by atoms with E-state index in [1.807, 2.05) is 6.08 Å². The average molecular weight is 290 g/mol. The van der Waals surface area contributed by atoms with E-state index in [9.17, 15) is 5.11 Å². The molecule has 0 amide bonds. The van der Waals surface area contributed by atoms with Gasteiger partial charge in [0.15, 0.2) is 0 Å². The van der Waals surface area contributed by atoms with Crippen molar-refractivity contribution in [2.24, 2.45) is 11.8 Å². The Morgan fingerprint density at radius 2 is 1.76 bits per heavy atom. The van der Waals surface area contributed by atoms with Crippen LogP contribution in [0.5, 0.6) is 0 Å². The maximum atomic E-state index is 9.66. The molecule has 1 fully saturated rings. The lowest BCUT2D eigenvalue weighted by molar-refractivity contribution is 0.217. The third-order valence-electron chi connectivity index (χ3n) is 4.48. The van der Waals surface area contributed by atoms with Crippen LogP contribution in [0.15, 0.2) is 12.2 Å². The summed E-state index contributed by atoms with van der Waals surface area (Å²) < 4.78 is 0. The Kier molecular flexibility index (Phi) is 10.3. The van der Waals surface area contributed by atoms with Crippen molar-refractivity contribution in [1.82, 2.24) is 0 Å². The van der Waals surface area contributed by atoms with Crippen molar-refractivity contribution in [3.05, 3.63) is 12.2 Å². The van der Waals surface area contributed by atoms with E-state index in [0.29, 0.717) is 0 Å². The molecule has 1 aliphatic rings. The predicted octanol–water partition coefficient (Wildman–Crippen LogP) is 5.48. The highest BCUT2D eigenvalue weighted by Crippen LogP contribution is 2.45. The maximum Gasteiger partial charge on any atom is 0.115 e. The van der Waals surface area contributed by atoms with E-state index in [-0.39, 0.29) is 0 Å². The minimum Gasteiger partial charge on any atom is -0.380 e. The van der Waals surface area contributed by atoms with E-state index in [4.69, 9.17) is 0 Å². The first kappa shape index (κ1) is 18.3. The molecule has 120 valence electrons. The van der Waals surface area contributed by atoms with Crippen molar-refractivity contribution >= 4 is 0 Å². The molecule has 1 nitrogen and oxygen atoms in total. The van der Waals surface area contributed by atoms with Gasteiger partial charge in [-0.2, -0.15) is 0 Å². The fraction of sp³-hybridized carbons (Fsp3) is 0.800. The Bertz CT molecular complexity index is 333. The maximum absolute atomic E-state index is 9.66. The summed E-state index contributed by atoms with van der Waals surface area (Å²) in [4.78, 5) is 0. The summed E-state index contributed by atoms with van der Waals surface area (Å²) in [6.45, 7) is 4.45. The molecule has 0 bridgehead atoms. The second kappa shape index (κ2) is 11.9. The molecule has 0 saturated heterocycles. The number of allylic oxidation sites excluding steroid dienone is 2. The fourth-order valence-electron chi connectivity index (χ4n) is 2.93. The van der Waals surface area contributed by atoms with Crippen LogP contribution in [0.25, 0.3) is 0 Å². The van der Waals surface area contributed by atoms with Crippen molar-refractivity contribution in [1.29, 1.82) is 0 Å². The minimum atomic E-state index is -0.437. The van der Waals surface area contributed by atoms with Gasteiger partial charge in [-0.15, -0.1) is 0 Å². The molecule has 0 aromatic heterocycles. The lowest BCUT2D eigenvalue weighted by atomic mass is 10.1. The quantitative estimate of drug-likeness (QED) is 0.394. The first-order chi connectivity index (χ1) is 10.3. The van der Waals surface area contributed by atoms with E-state index in [2.05, 4.69) is 31.8 Å². The second-order valence-electron chi connectivity index (χ2n) is 6.53. The van der Waals surface area contributed by atoms with Gasteiger partial charge in [0.05, 0.1) is 0 Å². The van der Waals surface area contributed by atoms with Crippen molar-refractivity contribution in [2.75, 3.05) is 0 Å². The Hall–Kier alpha value is -0.740. The zero-order chi connectivity index (χ0) is 15.3. The largest absolute Gasteiger partial charge is 0.380 e. The van der Waals surface area contributed by atoms with Crippen LogP contribution in [0.2, 0.25) is 0 Å². The molecule has 1 aliphatic carbocycles. The van der Waals surface area contributed by atoms with Gasteiger partial charge in [0.2, 0.25) is 0 Å². The van der Waals surface area contributed by atoms with Crippen LogP contribution < -0.4 is 0 Å². The molecular weight excluding hydrogens is 256 g/mol. The summed E-state index contributed by atoms with van der Waals surface area (Å²) in [5.41, 5.74) is 0. The van der Waals surface area contributed by atoms with Gasteiger partial charge >= 0.3 is 0 Å². The van der Waals surface area contributed by atoms with Gasteiger partial charge in [-0.3, -0.25) is 0 Å². The Labute approximate surface area is 132 Å². The number of aliphatic hydroxyl groups excluding tert-OH is 1. The van der Waals surface area contributed by atoms with E-state index in [1.54, 1.807) is 0 Å². The standard InChI is InChI=1S/C20H34O/c1-3-5-9-13-18-17-19(18)14-11-7-8-12-16-20(21)15-10-6-4-2/h7-8,18-21H,3-6,9-11,13-15,17H2,1-2H3/b8-7-/t18-,19-,20-/m1/s1. The summed E-state index contributed by atoms with van der Waals surface area (Å²) in [5.74, 6) is 7.90. The summed E-state index contributed by atoms with van der Waals surface area (Å²) in [6, 6.07) is 0. The zero-order valence-corrected chi connectivity index (χ0v) is 14.1. The first-order valence-electron chi connectivity index (χ1n) is 9.12. The minimum absolute atomic E-state index is 0.437. The molecule has 0 unspecified atom stereocenters. The van der Waals surface area contributed by atoms with Crippen LogP contribution >= 0.6 is 0 Å². The molecule has 0 aromatic rings. The molecule has 3 atom stereocenters. The van der Waals surface area contributed by atoms with E-state index in [1.165, 1.54) is 51.4 Å². The highest BCUT2D eigenvalue weighted by Gasteiger charge is 2.34. The van der Waals surface area contributed by atoms with Crippen molar-refractivity contribution in [3.63, 3.8) is 0 Å². The third-order valence-corrected chi connectivity index (χ3v) is 4.48. The molecule has 0 spiro atoms. The van der Waals surface area contributed by atoms with E-state index < -0.39 is 6.10 Å². The highest BCUT2D eigenvalue weighted by molar-refractivity contribution is 5.17. The Morgan fingerprint density at radius 3 is 2.52 bits per heavy atom. The molecule has 0 radical (unpaired) electrons. The Balaban J connectivity index is 1.98. The Morgan fingerprint density at radius 1 is 1.05 bits per heavy atom. The summed E-state index contributed by atoms with van der Waals surface area (Å²) in [6.07, 6.45) is 17.5. The predicted molar refractivity (Wildman–Crippen MR) is 92.0 cm³/mol. The molecule has 1 rings (SSSR count). The number of aliphatic hydroxyl groups is 1. The molecule has 1 N–H and O–H groups in total. The molecule has 0 aromatic carbocycles. The number of rotatable bonds is 11. The smallest absolute Gasteiger partial charge is 0.115 e. The summed E-state index contributed by atoms with van der Waals surface area (Å²) in [5, 5.41) is 9.66. The fourth-order valence-corrected chi connectivity index (χ4v) is 2.93. The van der Waals surface area contributed by atoms with Crippen LogP contribution in [-0.4, -0.2) is 11.2 Å². The second-order valence-corrected chi connectivity index (χ2v) is 6.53. The normalized spacial score (nSPS) is 22.0. The van der Waals surface area contributed by atoms with Gasteiger partial charge in [-0.25, -0.2) is 0 Å². The molecule has 0 heterocycles. The topological polar surface area (TPSA) is 20.2 Å². The number of hydrogen-bond acceptors (Lipinski definition) is 1. The van der Waals surface area contributed by atoms with Crippen LogP contribution in [0, 0.1) is 23.7 Å². The molecular formula is C20H34O. The monoisotopic (exact) mass is 290 g/mol. The van der Waals surface area contributed by atoms with Crippen LogP contribution in [-0.2, 0) is 0 Å². The van der Waals surface area contributed by atoms with Crippen LogP contribution in [0.4, 0.5) is 0 Å². The molecule has 21 heavy (non-hydrogen) atoms. The highest BCUT2D eigenvalue weighted by atomic mass is 16.3. The average Bonchev–Trinajstić information content (AvgIpc) is 3.22. The molecule has 1 heteroatoms. The lowest BCUT2D eigenvalue weighted by Crippen LogP contribution is -2.01. The van der Waals surface area contributed by atoms with E-state index >= 15 is 0 Å². The van der Waals surface area contributed by atoms with Crippen LogP contribution in [0.3, 0.4) is 0 Å². The van der Waals surface area contributed by atoms with Crippen molar-refractivity contribution in [2.45, 2.75) is 90.6 Å². The van der Waals surface area contributed by atoms with Gasteiger partial charge < -0.3 is 5.11 Å². The van der Waals surface area contributed by atoms with Gasteiger partial charge in [-0.05, 0) is 50.0 Å². The number of hydrogen-bond donors (Lipinski definition) is 1. The van der Waals surface area contributed by atoms with Gasteiger partial charge in [0.1, 0.15) is 6.10 Å². The van der Waals surface area contributed by atoms with Gasteiger partial charge in [0.25, 0.3) is 0 Å². The zero-order valence-electron chi connectivity index (χ0n) is 14.1. The lowest BCUT2D eigenvalue weighted by Gasteiger charge is -2.00. The van der Waals surface area contributed by atoms with Crippen molar-refractivity contribution < 1.29 is 5.11 Å². The molecule has 0 aliphatic heterocycles. The van der Waals surface area contributed by atoms with Gasteiger partial charge in [-0.1, -0.05) is 70.3 Å². The molecule has 1 saturated carbocycles. The summed E-state index contributed by atoms with van der Waals surface area (Å²) >= 11 is 0.